The Hall–Kier alpha value is -0.220. The van der Waals surface area contributed by atoms with E-state index in [9.17, 15) is 4.79 Å². The molecule has 0 aromatic carbocycles. The molecule has 4 heteroatoms. The van der Waals surface area contributed by atoms with Crippen molar-refractivity contribution in [3.05, 3.63) is 0 Å². The first-order valence-electron chi connectivity index (χ1n) is 4.26. The van der Waals surface area contributed by atoms with E-state index in [0.717, 1.165) is 25.9 Å². The molecule has 2 unspecified atom stereocenters. The van der Waals surface area contributed by atoms with Gasteiger partial charge in [0.05, 0.1) is 5.92 Å². The maximum Gasteiger partial charge on any atom is 0.306 e. The van der Waals surface area contributed by atoms with Gasteiger partial charge in [0.1, 0.15) is 0 Å². The molecule has 0 saturated carbocycles. The number of hydrogen-bond acceptors (Lipinski definition) is 3. The summed E-state index contributed by atoms with van der Waals surface area (Å²) in [7, 11) is 0. The van der Waals surface area contributed by atoms with Gasteiger partial charge in [0.25, 0.3) is 0 Å². The average Bonchev–Trinajstić information content (AvgIpc) is 2.11. The Balaban J connectivity index is 2.52. The summed E-state index contributed by atoms with van der Waals surface area (Å²) in [5, 5.41) is 8.82. The summed E-state index contributed by atoms with van der Waals surface area (Å²) in [6.07, 6.45) is 1.51. The van der Waals surface area contributed by atoms with Crippen LogP contribution < -0.4 is 0 Å². The maximum atomic E-state index is 10.7. The van der Waals surface area contributed by atoms with Gasteiger partial charge >= 0.3 is 5.97 Å². The third-order valence-corrected chi connectivity index (χ3v) is 2.66. The number of nitrogens with zero attached hydrogens (tertiary/aromatic N) is 1. The first-order chi connectivity index (χ1) is 5.59. The van der Waals surface area contributed by atoms with Gasteiger partial charge < -0.3 is 5.11 Å². The third kappa shape index (κ3) is 2.68. The van der Waals surface area contributed by atoms with E-state index in [1.165, 1.54) is 0 Å². The van der Waals surface area contributed by atoms with Crippen LogP contribution in [0.4, 0.5) is 0 Å². The number of carboxylic acids is 1. The molecular weight excluding hydrogens is 174 g/mol. The standard InChI is InChI=1S/C8H15NO2S/c1-6-4-7(8(10)11)2-3-9(12)5-6/h6-7,12H,2-5H2,1H3,(H,10,11). The van der Waals surface area contributed by atoms with Crippen molar-refractivity contribution in [2.75, 3.05) is 13.1 Å². The molecule has 0 spiro atoms. The minimum absolute atomic E-state index is 0.169. The van der Waals surface area contributed by atoms with E-state index in [4.69, 9.17) is 5.11 Å². The Bertz CT molecular complexity index is 174. The summed E-state index contributed by atoms with van der Waals surface area (Å²) in [6, 6.07) is 0. The fourth-order valence-corrected chi connectivity index (χ4v) is 2.05. The highest BCUT2D eigenvalue weighted by atomic mass is 32.1. The van der Waals surface area contributed by atoms with Crippen LogP contribution in [0.2, 0.25) is 0 Å². The summed E-state index contributed by atoms with van der Waals surface area (Å²) in [5.41, 5.74) is 0. The van der Waals surface area contributed by atoms with Gasteiger partial charge in [-0.2, -0.15) is 0 Å². The molecule has 1 aliphatic heterocycles. The van der Waals surface area contributed by atoms with Gasteiger partial charge in [-0.3, -0.25) is 9.10 Å². The minimum Gasteiger partial charge on any atom is -0.481 e. The number of thiol groups is 1. The second-order valence-electron chi connectivity index (χ2n) is 3.58. The average molecular weight is 189 g/mol. The number of carbonyl (C=O) groups is 1. The number of hydrogen-bond donors (Lipinski definition) is 2. The van der Waals surface area contributed by atoms with Crippen molar-refractivity contribution in [3.8, 4) is 0 Å². The zero-order chi connectivity index (χ0) is 9.14. The molecule has 1 rings (SSSR count). The summed E-state index contributed by atoms with van der Waals surface area (Å²) >= 11 is 4.24. The Labute approximate surface area is 78.3 Å². The van der Waals surface area contributed by atoms with E-state index >= 15 is 0 Å². The van der Waals surface area contributed by atoms with Crippen molar-refractivity contribution in [1.29, 1.82) is 0 Å². The maximum absolute atomic E-state index is 10.7. The van der Waals surface area contributed by atoms with Gasteiger partial charge in [-0.15, -0.1) is 0 Å². The number of carboxylic acid groups (broad SMARTS) is 1. The van der Waals surface area contributed by atoms with Gasteiger partial charge in [-0.25, -0.2) is 0 Å². The lowest BCUT2D eigenvalue weighted by Gasteiger charge is -2.14. The van der Waals surface area contributed by atoms with Crippen LogP contribution in [0, 0.1) is 11.8 Å². The predicted octanol–water partition coefficient (Wildman–Crippen LogP) is 1.26. The molecule has 1 fully saturated rings. The smallest absolute Gasteiger partial charge is 0.306 e. The van der Waals surface area contributed by atoms with Crippen LogP contribution in [0.15, 0.2) is 0 Å². The van der Waals surface area contributed by atoms with Crippen molar-refractivity contribution < 1.29 is 9.90 Å². The van der Waals surface area contributed by atoms with Crippen LogP contribution in [0.5, 0.6) is 0 Å². The van der Waals surface area contributed by atoms with Crippen LogP contribution >= 0.6 is 12.8 Å². The van der Waals surface area contributed by atoms with Gasteiger partial charge in [-0.05, 0) is 18.8 Å². The molecule has 3 nitrogen and oxygen atoms in total. The largest absolute Gasteiger partial charge is 0.481 e. The highest BCUT2D eigenvalue weighted by molar-refractivity contribution is 7.77. The summed E-state index contributed by atoms with van der Waals surface area (Å²) < 4.78 is 1.91. The van der Waals surface area contributed by atoms with Gasteiger partial charge in [0.15, 0.2) is 0 Å². The molecular formula is C8H15NO2S. The quantitative estimate of drug-likeness (QED) is 0.610. The lowest BCUT2D eigenvalue weighted by Crippen LogP contribution is -2.16. The second kappa shape index (κ2) is 4.14. The van der Waals surface area contributed by atoms with E-state index in [0.29, 0.717) is 5.92 Å². The fourth-order valence-electron chi connectivity index (χ4n) is 1.66. The zero-order valence-electron chi connectivity index (χ0n) is 7.23. The molecule has 2 atom stereocenters. The molecule has 0 aromatic rings. The third-order valence-electron chi connectivity index (χ3n) is 2.29. The SMILES string of the molecule is CC1CC(C(=O)O)CCN(S)C1. The number of aliphatic carboxylic acids is 1. The first-order valence-corrected chi connectivity index (χ1v) is 4.66. The molecule has 1 heterocycles. The molecule has 0 aliphatic carbocycles. The van der Waals surface area contributed by atoms with E-state index < -0.39 is 5.97 Å². The monoisotopic (exact) mass is 189 g/mol. The van der Waals surface area contributed by atoms with Crippen molar-refractivity contribution in [2.45, 2.75) is 19.8 Å². The van der Waals surface area contributed by atoms with E-state index in [1.54, 1.807) is 0 Å². The first kappa shape index (κ1) is 9.86. The Morgan fingerprint density at radius 1 is 1.67 bits per heavy atom. The van der Waals surface area contributed by atoms with Crippen molar-refractivity contribution in [1.82, 2.24) is 4.31 Å². The van der Waals surface area contributed by atoms with Crippen molar-refractivity contribution in [3.63, 3.8) is 0 Å². The van der Waals surface area contributed by atoms with E-state index in [1.807, 2.05) is 4.31 Å². The predicted molar refractivity (Wildman–Crippen MR) is 50.1 cm³/mol. The minimum atomic E-state index is -0.662. The number of rotatable bonds is 1. The van der Waals surface area contributed by atoms with Crippen LogP contribution in [0.3, 0.4) is 0 Å². The van der Waals surface area contributed by atoms with Gasteiger partial charge in [0.2, 0.25) is 0 Å². The van der Waals surface area contributed by atoms with E-state index in [2.05, 4.69) is 19.7 Å². The summed E-state index contributed by atoms with van der Waals surface area (Å²) in [4.78, 5) is 10.7. The molecule has 0 aromatic heterocycles. The molecule has 1 saturated heterocycles. The van der Waals surface area contributed by atoms with Crippen LogP contribution in [-0.2, 0) is 4.79 Å². The van der Waals surface area contributed by atoms with Crippen LogP contribution in [0.1, 0.15) is 19.8 Å². The van der Waals surface area contributed by atoms with Gasteiger partial charge in [-0.1, -0.05) is 19.7 Å². The fraction of sp³-hybridized carbons (Fsp3) is 0.875. The normalized spacial score (nSPS) is 32.8. The molecule has 1 aliphatic rings. The van der Waals surface area contributed by atoms with Crippen LogP contribution in [-0.4, -0.2) is 28.5 Å². The molecule has 0 bridgehead atoms. The Kier molecular flexibility index (Phi) is 3.40. The Morgan fingerprint density at radius 3 is 2.92 bits per heavy atom. The highest BCUT2D eigenvalue weighted by Gasteiger charge is 2.24. The Morgan fingerprint density at radius 2 is 2.33 bits per heavy atom. The van der Waals surface area contributed by atoms with E-state index in [-0.39, 0.29) is 5.92 Å². The molecule has 70 valence electrons. The summed E-state index contributed by atoms with van der Waals surface area (Å²) in [6.45, 7) is 3.75. The molecule has 0 amide bonds. The molecule has 12 heavy (non-hydrogen) atoms. The van der Waals surface area contributed by atoms with Crippen molar-refractivity contribution >= 4 is 18.8 Å². The van der Waals surface area contributed by atoms with Crippen molar-refractivity contribution in [2.24, 2.45) is 11.8 Å². The van der Waals surface area contributed by atoms with Gasteiger partial charge in [0, 0.05) is 13.1 Å². The topological polar surface area (TPSA) is 40.5 Å². The lowest BCUT2D eigenvalue weighted by molar-refractivity contribution is -0.142. The second-order valence-corrected chi connectivity index (χ2v) is 4.14. The molecule has 0 radical (unpaired) electrons. The van der Waals surface area contributed by atoms with Crippen LogP contribution in [0.25, 0.3) is 0 Å². The highest BCUT2D eigenvalue weighted by Crippen LogP contribution is 2.22. The molecule has 1 N–H and O–H groups in total. The lowest BCUT2D eigenvalue weighted by atomic mass is 9.95. The zero-order valence-corrected chi connectivity index (χ0v) is 8.13. The summed E-state index contributed by atoms with van der Waals surface area (Å²) in [5.74, 6) is -0.395.